The van der Waals surface area contributed by atoms with Crippen molar-refractivity contribution in [3.8, 4) is 0 Å². The lowest BCUT2D eigenvalue weighted by molar-refractivity contribution is -0.158. The van der Waals surface area contributed by atoms with E-state index in [4.69, 9.17) is 12.5 Å². The fraction of sp³-hybridized carbons (Fsp3) is 0.929. The van der Waals surface area contributed by atoms with Gasteiger partial charge in [-0.3, -0.25) is 4.79 Å². The standard InChI is InChI=1S/C14H23IO4/c1-17-11-6-8-12(9-7-11)18-14(16)10-2-4-13(19-15)5-3-10/h10-13H,2-9H2,1H3. The molecule has 0 spiro atoms. The summed E-state index contributed by atoms with van der Waals surface area (Å²) in [6, 6.07) is 0. The van der Waals surface area contributed by atoms with Crippen molar-refractivity contribution in [3.05, 3.63) is 0 Å². The zero-order valence-corrected chi connectivity index (χ0v) is 13.6. The van der Waals surface area contributed by atoms with Crippen molar-refractivity contribution in [2.75, 3.05) is 7.11 Å². The summed E-state index contributed by atoms with van der Waals surface area (Å²) < 4.78 is 16.3. The Morgan fingerprint density at radius 3 is 1.95 bits per heavy atom. The monoisotopic (exact) mass is 382 g/mol. The van der Waals surface area contributed by atoms with E-state index < -0.39 is 0 Å². The predicted octanol–water partition coefficient (Wildman–Crippen LogP) is 3.41. The third kappa shape index (κ3) is 4.56. The van der Waals surface area contributed by atoms with Crippen LogP contribution in [0, 0.1) is 5.92 Å². The van der Waals surface area contributed by atoms with Gasteiger partial charge in [0.25, 0.3) is 0 Å². The summed E-state index contributed by atoms with van der Waals surface area (Å²) >= 11 is 1.95. The molecule has 0 unspecified atom stereocenters. The maximum atomic E-state index is 12.1. The van der Waals surface area contributed by atoms with Crippen LogP contribution in [0.4, 0.5) is 0 Å². The van der Waals surface area contributed by atoms with E-state index in [-0.39, 0.29) is 18.0 Å². The number of hydrogen-bond acceptors (Lipinski definition) is 4. The molecule has 2 aliphatic carbocycles. The van der Waals surface area contributed by atoms with Gasteiger partial charge in [0.1, 0.15) is 29.1 Å². The van der Waals surface area contributed by atoms with Crippen molar-refractivity contribution in [1.29, 1.82) is 0 Å². The number of ether oxygens (including phenoxy) is 2. The van der Waals surface area contributed by atoms with Crippen LogP contribution in [0.3, 0.4) is 0 Å². The molecule has 4 nitrogen and oxygen atoms in total. The van der Waals surface area contributed by atoms with Gasteiger partial charge in [0.05, 0.1) is 18.1 Å². The Balaban J connectivity index is 1.70. The van der Waals surface area contributed by atoms with Crippen LogP contribution < -0.4 is 0 Å². The molecule has 0 radical (unpaired) electrons. The molecule has 2 saturated carbocycles. The van der Waals surface area contributed by atoms with Crippen molar-refractivity contribution in [3.63, 3.8) is 0 Å². The Bertz CT molecular complexity index is 281. The summed E-state index contributed by atoms with van der Waals surface area (Å²) in [7, 11) is 1.75. The number of methoxy groups -OCH3 is 1. The molecule has 0 amide bonds. The minimum absolute atomic E-state index is 0.00720. The molecule has 2 fully saturated rings. The van der Waals surface area contributed by atoms with E-state index in [2.05, 4.69) is 0 Å². The third-order valence-electron chi connectivity index (χ3n) is 4.37. The van der Waals surface area contributed by atoms with Gasteiger partial charge in [0, 0.05) is 7.11 Å². The maximum Gasteiger partial charge on any atom is 0.309 e. The van der Waals surface area contributed by atoms with Crippen molar-refractivity contribution in [2.24, 2.45) is 5.92 Å². The number of carbonyl (C=O) groups is 1. The molecule has 0 aliphatic heterocycles. The Hall–Kier alpha value is 0.120. The highest BCUT2D eigenvalue weighted by atomic mass is 127. The molecule has 110 valence electrons. The van der Waals surface area contributed by atoms with Gasteiger partial charge in [0.15, 0.2) is 0 Å². The van der Waals surface area contributed by atoms with E-state index in [1.165, 1.54) is 0 Å². The van der Waals surface area contributed by atoms with Crippen LogP contribution in [-0.4, -0.2) is 31.4 Å². The van der Waals surface area contributed by atoms with Crippen LogP contribution >= 0.6 is 23.0 Å². The maximum absolute atomic E-state index is 12.1. The van der Waals surface area contributed by atoms with Crippen LogP contribution in [-0.2, 0) is 17.3 Å². The first-order valence-corrected chi connectivity index (χ1v) is 8.11. The molecule has 0 aromatic heterocycles. The molecule has 5 heteroatoms. The molecular weight excluding hydrogens is 359 g/mol. The SMILES string of the molecule is COC1CCC(OC(=O)C2CCC(OI)CC2)CC1. The number of rotatable bonds is 4. The zero-order valence-electron chi connectivity index (χ0n) is 11.5. The van der Waals surface area contributed by atoms with Gasteiger partial charge in [-0.05, 0) is 51.4 Å². The summed E-state index contributed by atoms with van der Waals surface area (Å²) in [5.41, 5.74) is 0. The first kappa shape index (κ1) is 15.5. The van der Waals surface area contributed by atoms with Gasteiger partial charge in [-0.1, -0.05) is 0 Å². The molecule has 0 N–H and O–H groups in total. The normalized spacial score (nSPS) is 35.9. The van der Waals surface area contributed by atoms with Crippen LogP contribution in [0.25, 0.3) is 0 Å². The molecular formula is C14H23IO4. The highest BCUT2D eigenvalue weighted by molar-refractivity contribution is 14.1. The van der Waals surface area contributed by atoms with Gasteiger partial charge in [-0.15, -0.1) is 0 Å². The smallest absolute Gasteiger partial charge is 0.309 e. The van der Waals surface area contributed by atoms with E-state index in [9.17, 15) is 4.79 Å². The highest BCUT2D eigenvalue weighted by Gasteiger charge is 2.30. The second-order valence-electron chi connectivity index (χ2n) is 5.63. The van der Waals surface area contributed by atoms with Gasteiger partial charge in [0.2, 0.25) is 0 Å². The van der Waals surface area contributed by atoms with Gasteiger partial charge in [-0.2, -0.15) is 0 Å². The second kappa shape index (κ2) is 7.78. The van der Waals surface area contributed by atoms with Crippen LogP contribution in [0.15, 0.2) is 0 Å². The minimum atomic E-state index is 0.00720. The Kier molecular flexibility index (Phi) is 6.35. The zero-order chi connectivity index (χ0) is 13.7. The highest BCUT2D eigenvalue weighted by Crippen LogP contribution is 2.30. The topological polar surface area (TPSA) is 44.8 Å². The van der Waals surface area contributed by atoms with E-state index in [0.29, 0.717) is 12.2 Å². The molecule has 0 bridgehead atoms. The number of hydrogen-bond donors (Lipinski definition) is 0. The molecule has 0 aromatic carbocycles. The third-order valence-corrected chi connectivity index (χ3v) is 5.09. The Morgan fingerprint density at radius 2 is 1.42 bits per heavy atom. The summed E-state index contributed by atoms with van der Waals surface area (Å²) in [6.45, 7) is 0. The van der Waals surface area contributed by atoms with E-state index in [0.717, 1.165) is 51.4 Å². The molecule has 19 heavy (non-hydrogen) atoms. The van der Waals surface area contributed by atoms with Crippen molar-refractivity contribution in [1.82, 2.24) is 0 Å². The van der Waals surface area contributed by atoms with Crippen LogP contribution in [0.2, 0.25) is 0 Å². The summed E-state index contributed by atoms with van der Waals surface area (Å²) in [4.78, 5) is 12.1. The van der Waals surface area contributed by atoms with Crippen LogP contribution in [0.5, 0.6) is 0 Å². The first-order valence-electron chi connectivity index (χ1n) is 7.23. The fourth-order valence-corrected chi connectivity index (χ4v) is 3.54. The average molecular weight is 382 g/mol. The molecule has 0 saturated heterocycles. The van der Waals surface area contributed by atoms with Gasteiger partial charge < -0.3 is 12.5 Å². The second-order valence-corrected chi connectivity index (χ2v) is 6.14. The van der Waals surface area contributed by atoms with Crippen LogP contribution in [0.1, 0.15) is 51.4 Å². The van der Waals surface area contributed by atoms with Crippen molar-refractivity contribution >= 4 is 29.0 Å². The molecule has 0 aromatic rings. The predicted molar refractivity (Wildman–Crippen MR) is 80.0 cm³/mol. The Labute approximate surface area is 129 Å². The number of esters is 1. The average Bonchev–Trinajstić information content (AvgIpc) is 2.48. The molecule has 2 aliphatic rings. The van der Waals surface area contributed by atoms with E-state index in [1.807, 2.05) is 23.0 Å². The molecule has 2 rings (SSSR count). The number of halogens is 1. The van der Waals surface area contributed by atoms with E-state index in [1.54, 1.807) is 7.11 Å². The summed E-state index contributed by atoms with van der Waals surface area (Å²) in [5, 5.41) is 0. The Morgan fingerprint density at radius 1 is 0.895 bits per heavy atom. The van der Waals surface area contributed by atoms with E-state index >= 15 is 0 Å². The lowest BCUT2D eigenvalue weighted by Gasteiger charge is -2.30. The summed E-state index contributed by atoms with van der Waals surface area (Å²) in [5.74, 6) is 0.0933. The quantitative estimate of drug-likeness (QED) is 0.552. The van der Waals surface area contributed by atoms with Gasteiger partial charge in [-0.25, -0.2) is 0 Å². The lowest BCUT2D eigenvalue weighted by atomic mass is 9.87. The molecule has 0 heterocycles. The lowest BCUT2D eigenvalue weighted by Crippen LogP contribution is -2.32. The largest absolute Gasteiger partial charge is 0.462 e. The minimum Gasteiger partial charge on any atom is -0.462 e. The van der Waals surface area contributed by atoms with Gasteiger partial charge >= 0.3 is 5.97 Å². The molecule has 0 atom stereocenters. The fourth-order valence-electron chi connectivity index (χ4n) is 3.03. The van der Waals surface area contributed by atoms with Crippen molar-refractivity contribution in [2.45, 2.75) is 69.7 Å². The number of carbonyl (C=O) groups excluding carboxylic acids is 1. The van der Waals surface area contributed by atoms with Crippen molar-refractivity contribution < 1.29 is 17.3 Å². The summed E-state index contributed by atoms with van der Waals surface area (Å²) in [6.07, 6.45) is 8.42. The first-order chi connectivity index (χ1) is 9.22.